The van der Waals surface area contributed by atoms with Crippen molar-refractivity contribution >= 4 is 34.9 Å². The van der Waals surface area contributed by atoms with Crippen molar-refractivity contribution in [3.05, 3.63) is 154 Å². The zero-order valence-electron chi connectivity index (χ0n) is 36.4. The summed E-state index contributed by atoms with van der Waals surface area (Å²) in [5.41, 5.74) is 15.5. The molecule has 3 aliphatic rings. The summed E-state index contributed by atoms with van der Waals surface area (Å²) in [7, 11) is 0. The van der Waals surface area contributed by atoms with Crippen LogP contribution in [0.15, 0.2) is 124 Å². The summed E-state index contributed by atoms with van der Waals surface area (Å²) in [5.74, 6) is 1.06. The SMILES string of the molecule is [CH2-]CCCCN1/C(=C/C=C2\CCCC(C=C(C)C3=[N+](CCCCCCC)c4ccccc4C3(C)C)=C2SCC/C=C\c2cccc(C)c2)C(C)(C)c2ccccc21. The molecule has 6 rings (SSSR count). The van der Waals surface area contributed by atoms with E-state index in [1.54, 1.807) is 0 Å². The monoisotopic (exact) mass is 779 g/mol. The van der Waals surface area contributed by atoms with Gasteiger partial charge in [0.15, 0.2) is 5.71 Å². The molecular formula is C54H70N2S. The number of anilines is 1. The summed E-state index contributed by atoms with van der Waals surface area (Å²) in [5, 5.41) is 0. The van der Waals surface area contributed by atoms with Crippen molar-refractivity contribution in [2.24, 2.45) is 0 Å². The van der Waals surface area contributed by atoms with Crippen LogP contribution in [0.25, 0.3) is 6.08 Å². The molecule has 0 fully saturated rings. The number of unbranched alkanes of at least 4 members (excludes halogenated alkanes) is 6. The van der Waals surface area contributed by atoms with E-state index in [1.807, 2.05) is 0 Å². The summed E-state index contributed by atoms with van der Waals surface area (Å²) in [6.45, 7) is 22.9. The van der Waals surface area contributed by atoms with Crippen molar-refractivity contribution < 1.29 is 4.58 Å². The summed E-state index contributed by atoms with van der Waals surface area (Å²) >= 11 is 2.08. The second-order valence-electron chi connectivity index (χ2n) is 17.6. The second-order valence-corrected chi connectivity index (χ2v) is 18.7. The van der Waals surface area contributed by atoms with Crippen molar-refractivity contribution in [2.45, 2.75) is 136 Å². The Hall–Kier alpha value is -3.82. The largest absolute Gasteiger partial charge is 0.344 e. The average molecular weight is 779 g/mol. The molecule has 57 heavy (non-hydrogen) atoms. The number of hydrogen-bond donors (Lipinski definition) is 0. The molecule has 3 aromatic carbocycles. The minimum absolute atomic E-state index is 0.0485. The summed E-state index contributed by atoms with van der Waals surface area (Å²) in [6, 6.07) is 27.1. The van der Waals surface area contributed by atoms with Gasteiger partial charge in [0.25, 0.3) is 0 Å². The Bertz CT molecular complexity index is 2050. The number of hydrogen-bond acceptors (Lipinski definition) is 2. The molecule has 0 unspecified atom stereocenters. The molecule has 0 aromatic heterocycles. The highest BCUT2D eigenvalue weighted by atomic mass is 32.2. The van der Waals surface area contributed by atoms with Gasteiger partial charge in [-0.3, -0.25) is 0 Å². The molecule has 3 aromatic rings. The van der Waals surface area contributed by atoms with Crippen LogP contribution < -0.4 is 4.90 Å². The van der Waals surface area contributed by atoms with E-state index < -0.39 is 0 Å². The van der Waals surface area contributed by atoms with Gasteiger partial charge in [-0.1, -0.05) is 131 Å². The van der Waals surface area contributed by atoms with Crippen LogP contribution in [0.3, 0.4) is 0 Å². The second kappa shape index (κ2) is 19.8. The highest BCUT2D eigenvalue weighted by Crippen LogP contribution is 2.48. The predicted molar refractivity (Wildman–Crippen MR) is 252 cm³/mol. The summed E-state index contributed by atoms with van der Waals surface area (Å²) in [6.07, 6.45) is 26.5. The molecule has 0 amide bonds. The maximum Gasteiger partial charge on any atom is 0.209 e. The van der Waals surface area contributed by atoms with E-state index in [0.29, 0.717) is 0 Å². The first-order valence-electron chi connectivity index (χ1n) is 22.2. The van der Waals surface area contributed by atoms with E-state index in [1.165, 1.54) is 105 Å². The average Bonchev–Trinajstić information content (AvgIpc) is 3.56. The molecule has 0 saturated carbocycles. The van der Waals surface area contributed by atoms with Gasteiger partial charge in [0, 0.05) is 57.6 Å². The van der Waals surface area contributed by atoms with E-state index in [9.17, 15) is 0 Å². The zero-order chi connectivity index (χ0) is 40.4. The van der Waals surface area contributed by atoms with E-state index in [2.05, 4.69) is 180 Å². The minimum atomic E-state index is -0.0522. The molecule has 3 heteroatoms. The van der Waals surface area contributed by atoms with E-state index in [-0.39, 0.29) is 10.8 Å². The van der Waals surface area contributed by atoms with Gasteiger partial charge < -0.3 is 11.8 Å². The van der Waals surface area contributed by atoms with Crippen LogP contribution in [0.1, 0.15) is 141 Å². The number of fused-ring (bicyclic) bond motifs is 2. The normalized spacial score (nSPS) is 19.1. The number of nitrogens with zero attached hydrogens (tertiary/aromatic N) is 2. The molecule has 0 radical (unpaired) electrons. The third kappa shape index (κ3) is 9.90. The van der Waals surface area contributed by atoms with Crippen molar-refractivity contribution in [3.63, 3.8) is 0 Å². The van der Waals surface area contributed by atoms with Gasteiger partial charge in [-0.2, -0.15) is 11.0 Å². The molecule has 0 spiro atoms. The minimum Gasteiger partial charge on any atom is -0.344 e. The van der Waals surface area contributed by atoms with E-state index in [4.69, 9.17) is 0 Å². The Morgan fingerprint density at radius 3 is 2.40 bits per heavy atom. The van der Waals surface area contributed by atoms with Crippen molar-refractivity contribution in [1.29, 1.82) is 0 Å². The van der Waals surface area contributed by atoms with Gasteiger partial charge >= 0.3 is 0 Å². The third-order valence-corrected chi connectivity index (χ3v) is 13.7. The Labute approximate surface area is 351 Å². The lowest BCUT2D eigenvalue weighted by atomic mass is 9.78. The van der Waals surface area contributed by atoms with Gasteiger partial charge in [-0.25, -0.2) is 0 Å². The number of benzene rings is 3. The Balaban J connectivity index is 1.38. The molecule has 2 aliphatic heterocycles. The number of thioether (sulfide) groups is 1. The summed E-state index contributed by atoms with van der Waals surface area (Å²) in [4.78, 5) is 4.11. The molecule has 1 aliphatic carbocycles. The first kappa shape index (κ1) is 42.8. The van der Waals surface area contributed by atoms with Crippen LogP contribution in [-0.2, 0) is 10.8 Å². The fourth-order valence-electron chi connectivity index (χ4n) is 9.58. The number of allylic oxidation sites excluding steroid dienone is 8. The molecule has 0 N–H and O–H groups in total. The molecule has 302 valence electrons. The van der Waals surface area contributed by atoms with Gasteiger partial charge in [0.2, 0.25) is 5.69 Å². The molecular weight excluding hydrogens is 709 g/mol. The van der Waals surface area contributed by atoms with Crippen LogP contribution in [0.4, 0.5) is 11.4 Å². The third-order valence-electron chi connectivity index (χ3n) is 12.5. The first-order valence-corrected chi connectivity index (χ1v) is 23.2. The van der Waals surface area contributed by atoms with Crippen molar-refractivity contribution in [2.75, 3.05) is 23.7 Å². The maximum atomic E-state index is 4.14. The van der Waals surface area contributed by atoms with Crippen LogP contribution in [-0.4, -0.2) is 29.1 Å². The first-order chi connectivity index (χ1) is 27.6. The van der Waals surface area contributed by atoms with Gasteiger partial charge in [-0.15, -0.1) is 11.8 Å². The highest BCUT2D eigenvalue weighted by Gasteiger charge is 2.46. The molecule has 0 bridgehead atoms. The summed E-state index contributed by atoms with van der Waals surface area (Å²) < 4.78 is 2.68. The van der Waals surface area contributed by atoms with Crippen LogP contribution in [0, 0.1) is 13.8 Å². The van der Waals surface area contributed by atoms with Gasteiger partial charge in [-0.05, 0) is 107 Å². The van der Waals surface area contributed by atoms with Crippen LogP contribution >= 0.6 is 11.8 Å². The number of rotatable bonds is 18. The van der Waals surface area contributed by atoms with Crippen LogP contribution in [0.5, 0.6) is 0 Å². The fourth-order valence-corrected chi connectivity index (χ4v) is 10.7. The number of para-hydroxylation sites is 2. The fraction of sp³-hybridized carbons (Fsp3) is 0.444. The molecule has 0 atom stereocenters. The van der Waals surface area contributed by atoms with Gasteiger partial charge in [0.1, 0.15) is 6.54 Å². The molecule has 2 nitrogen and oxygen atoms in total. The van der Waals surface area contributed by atoms with Crippen molar-refractivity contribution in [1.82, 2.24) is 0 Å². The number of aryl methyl sites for hydroxylation is 1. The zero-order valence-corrected chi connectivity index (χ0v) is 37.2. The van der Waals surface area contributed by atoms with E-state index in [0.717, 1.165) is 57.4 Å². The Morgan fingerprint density at radius 1 is 0.842 bits per heavy atom. The Kier molecular flexibility index (Phi) is 14.8. The lowest BCUT2D eigenvalue weighted by Gasteiger charge is -2.28. The van der Waals surface area contributed by atoms with E-state index >= 15 is 0 Å². The molecule has 0 saturated heterocycles. The standard InChI is InChI=1S/C54H70N2S/c1-9-11-13-14-21-37-56-49-33-18-16-31-47(49)54(7,8)52(56)42(4)40-45-29-24-28-44(51(45)57-38-22-19-26-43-27-23-25-41(3)39-43)34-35-50-53(5,6)46-30-15-17-32-48(46)55(50)36-20-12-10-2/h15-19,23,25-27,30-35,39-40H,2,9-14,20-22,24,28-29,36-38H2,1,3-8H3/b26-19-. The highest BCUT2D eigenvalue weighted by molar-refractivity contribution is 8.03. The quantitative estimate of drug-likeness (QED) is 0.0721. The van der Waals surface area contributed by atoms with Gasteiger partial charge in [0.05, 0.1) is 5.41 Å². The predicted octanol–water partition coefficient (Wildman–Crippen LogP) is 15.2. The topological polar surface area (TPSA) is 6.25 Å². The maximum absolute atomic E-state index is 4.14. The smallest absolute Gasteiger partial charge is 0.209 e. The lowest BCUT2D eigenvalue weighted by Crippen LogP contribution is -2.30. The Morgan fingerprint density at radius 2 is 1.61 bits per heavy atom. The van der Waals surface area contributed by atoms with Crippen LogP contribution in [0.2, 0.25) is 0 Å². The molecule has 2 heterocycles. The lowest BCUT2D eigenvalue weighted by molar-refractivity contribution is -0.438. The van der Waals surface area contributed by atoms with Crippen molar-refractivity contribution in [3.8, 4) is 0 Å².